The largest absolute Gasteiger partial charge is 0.483 e. The Kier molecular flexibility index (Phi) is 6.74. The molecule has 2 aromatic heterocycles. The van der Waals surface area contributed by atoms with E-state index in [0.29, 0.717) is 28.9 Å². The molecule has 33 heavy (non-hydrogen) atoms. The van der Waals surface area contributed by atoms with Gasteiger partial charge in [0.05, 0.1) is 11.6 Å². The lowest BCUT2D eigenvalue weighted by atomic mass is 10.1. The molecule has 0 unspecified atom stereocenters. The number of hydrogen-bond donors (Lipinski definition) is 1. The summed E-state index contributed by atoms with van der Waals surface area (Å²) in [6.45, 7) is 6.47. The molecule has 170 valence electrons. The second kappa shape index (κ2) is 9.87. The number of nitrogens with zero attached hydrogens (tertiary/aromatic N) is 4. The fourth-order valence-electron chi connectivity index (χ4n) is 3.59. The molecule has 9 heteroatoms. The molecule has 0 fully saturated rings. The predicted octanol–water partition coefficient (Wildman–Crippen LogP) is 3.94. The first-order valence-corrected chi connectivity index (χ1v) is 10.9. The van der Waals surface area contributed by atoms with E-state index in [1.54, 1.807) is 22.7 Å². The van der Waals surface area contributed by atoms with Crippen molar-refractivity contribution in [2.24, 2.45) is 0 Å². The molecule has 1 N–H and O–H groups in total. The van der Waals surface area contributed by atoms with E-state index in [0.717, 1.165) is 28.0 Å². The molecule has 8 nitrogen and oxygen atoms in total. The lowest BCUT2D eigenvalue weighted by Crippen LogP contribution is -2.32. The van der Waals surface area contributed by atoms with Crippen LogP contribution in [0.1, 0.15) is 16.7 Å². The number of carbonyl (C=O) groups excluding carboxylic acids is 1. The number of aromatic nitrogens is 4. The molecule has 0 aliphatic carbocycles. The molecule has 0 aliphatic rings. The first-order chi connectivity index (χ1) is 15.9. The SMILES string of the molecule is Cc1cc(C)c(OCC(=O)NCCOc2ccc3nnc(-c4ccccc4Cl)n3n2)c(C)c1. The Labute approximate surface area is 196 Å². The van der Waals surface area contributed by atoms with Crippen molar-refractivity contribution in [1.82, 2.24) is 25.1 Å². The summed E-state index contributed by atoms with van der Waals surface area (Å²) in [5, 5.41) is 16.1. The lowest BCUT2D eigenvalue weighted by molar-refractivity contribution is -0.123. The van der Waals surface area contributed by atoms with Crippen LogP contribution in [0, 0.1) is 20.8 Å². The minimum absolute atomic E-state index is 0.0587. The highest BCUT2D eigenvalue weighted by molar-refractivity contribution is 6.33. The van der Waals surface area contributed by atoms with Crippen molar-refractivity contribution < 1.29 is 14.3 Å². The predicted molar refractivity (Wildman–Crippen MR) is 126 cm³/mol. The smallest absolute Gasteiger partial charge is 0.258 e. The van der Waals surface area contributed by atoms with Gasteiger partial charge in [0, 0.05) is 11.6 Å². The first kappa shape index (κ1) is 22.5. The number of amides is 1. The van der Waals surface area contributed by atoms with Crippen LogP contribution in [0.3, 0.4) is 0 Å². The van der Waals surface area contributed by atoms with Crippen molar-refractivity contribution in [3.8, 4) is 23.0 Å². The van der Waals surface area contributed by atoms with Crippen molar-refractivity contribution in [3.05, 3.63) is 70.2 Å². The van der Waals surface area contributed by atoms with Gasteiger partial charge in [0.2, 0.25) is 5.88 Å². The van der Waals surface area contributed by atoms with Crippen LogP contribution in [0.15, 0.2) is 48.5 Å². The Bertz CT molecular complexity index is 1280. The van der Waals surface area contributed by atoms with Gasteiger partial charge in [-0.2, -0.15) is 4.52 Å². The Balaban J connectivity index is 1.31. The van der Waals surface area contributed by atoms with Gasteiger partial charge in [0.25, 0.3) is 5.91 Å². The summed E-state index contributed by atoms with van der Waals surface area (Å²) in [4.78, 5) is 12.2. The summed E-state index contributed by atoms with van der Waals surface area (Å²) in [5.74, 6) is 1.43. The third kappa shape index (κ3) is 5.23. The molecule has 1 amide bonds. The van der Waals surface area contributed by atoms with Crippen LogP contribution < -0.4 is 14.8 Å². The number of benzene rings is 2. The van der Waals surface area contributed by atoms with Gasteiger partial charge in [0.1, 0.15) is 12.4 Å². The van der Waals surface area contributed by atoms with Crippen molar-refractivity contribution in [3.63, 3.8) is 0 Å². The number of nitrogens with one attached hydrogen (secondary N) is 1. The summed E-state index contributed by atoms with van der Waals surface area (Å²) in [6.07, 6.45) is 0. The molecular formula is C24H24ClN5O3. The van der Waals surface area contributed by atoms with Crippen molar-refractivity contribution in [2.75, 3.05) is 19.8 Å². The van der Waals surface area contributed by atoms with E-state index < -0.39 is 0 Å². The second-order valence-electron chi connectivity index (χ2n) is 7.66. The maximum atomic E-state index is 12.2. The van der Waals surface area contributed by atoms with E-state index in [-0.39, 0.29) is 19.1 Å². The Morgan fingerprint density at radius 2 is 1.79 bits per heavy atom. The normalized spacial score (nSPS) is 10.9. The van der Waals surface area contributed by atoms with Gasteiger partial charge in [-0.1, -0.05) is 41.4 Å². The zero-order valence-electron chi connectivity index (χ0n) is 18.6. The summed E-state index contributed by atoms with van der Waals surface area (Å²) in [5.41, 5.74) is 4.48. The molecule has 0 radical (unpaired) electrons. The van der Waals surface area contributed by atoms with E-state index in [2.05, 4.69) is 20.6 Å². The maximum Gasteiger partial charge on any atom is 0.258 e. The number of halogens is 1. The van der Waals surface area contributed by atoms with Gasteiger partial charge < -0.3 is 14.8 Å². The zero-order valence-corrected chi connectivity index (χ0v) is 19.4. The third-order valence-electron chi connectivity index (χ3n) is 4.98. The van der Waals surface area contributed by atoms with Crippen LogP contribution in [0.2, 0.25) is 5.02 Å². The highest BCUT2D eigenvalue weighted by atomic mass is 35.5. The molecule has 0 saturated carbocycles. The van der Waals surface area contributed by atoms with Crippen LogP contribution in [0.5, 0.6) is 11.6 Å². The molecular weight excluding hydrogens is 442 g/mol. The van der Waals surface area contributed by atoms with Crippen LogP contribution in [-0.4, -0.2) is 45.5 Å². The van der Waals surface area contributed by atoms with Gasteiger partial charge in [-0.3, -0.25) is 4.79 Å². The summed E-state index contributed by atoms with van der Waals surface area (Å²) in [7, 11) is 0. The monoisotopic (exact) mass is 465 g/mol. The topological polar surface area (TPSA) is 90.6 Å². The summed E-state index contributed by atoms with van der Waals surface area (Å²) < 4.78 is 13.0. The minimum Gasteiger partial charge on any atom is -0.483 e. The van der Waals surface area contributed by atoms with Crippen LogP contribution in [0.25, 0.3) is 17.0 Å². The highest BCUT2D eigenvalue weighted by Crippen LogP contribution is 2.26. The van der Waals surface area contributed by atoms with Gasteiger partial charge in [-0.05, 0) is 50.1 Å². The van der Waals surface area contributed by atoms with E-state index in [4.69, 9.17) is 21.1 Å². The van der Waals surface area contributed by atoms with Crippen molar-refractivity contribution >= 4 is 23.2 Å². The quantitative estimate of drug-likeness (QED) is 0.396. The first-order valence-electron chi connectivity index (χ1n) is 10.5. The number of rotatable bonds is 8. The molecule has 0 spiro atoms. The Hall–Kier alpha value is -3.65. The average molecular weight is 466 g/mol. The molecule has 4 aromatic rings. The summed E-state index contributed by atoms with van der Waals surface area (Å²) in [6, 6.07) is 14.9. The fourth-order valence-corrected chi connectivity index (χ4v) is 3.81. The average Bonchev–Trinajstić information content (AvgIpc) is 3.19. The molecule has 0 saturated heterocycles. The van der Waals surface area contributed by atoms with Gasteiger partial charge in [0.15, 0.2) is 18.1 Å². The second-order valence-corrected chi connectivity index (χ2v) is 8.07. The van der Waals surface area contributed by atoms with E-state index in [1.807, 2.05) is 51.1 Å². The molecule has 4 rings (SSSR count). The zero-order chi connectivity index (χ0) is 23.4. The van der Waals surface area contributed by atoms with E-state index in [9.17, 15) is 4.79 Å². The fraction of sp³-hybridized carbons (Fsp3) is 0.250. The van der Waals surface area contributed by atoms with Gasteiger partial charge >= 0.3 is 0 Å². The number of aryl methyl sites for hydroxylation is 3. The lowest BCUT2D eigenvalue weighted by Gasteiger charge is -2.13. The van der Waals surface area contributed by atoms with Crippen LogP contribution in [-0.2, 0) is 4.79 Å². The number of hydrogen-bond acceptors (Lipinski definition) is 6. The number of ether oxygens (including phenoxy) is 2. The van der Waals surface area contributed by atoms with Crippen LogP contribution >= 0.6 is 11.6 Å². The standard InChI is InChI=1S/C24H24ClN5O3/c1-15-12-16(2)23(17(3)13-15)33-14-21(31)26-10-11-32-22-9-8-20-27-28-24(30(20)29-22)18-6-4-5-7-19(18)25/h4-9,12-13H,10-11,14H2,1-3H3,(H,26,31). The van der Waals surface area contributed by atoms with Gasteiger partial charge in [-0.25, -0.2) is 0 Å². The minimum atomic E-state index is -0.221. The maximum absolute atomic E-state index is 12.2. The molecule has 2 aromatic carbocycles. The summed E-state index contributed by atoms with van der Waals surface area (Å²) >= 11 is 6.29. The third-order valence-corrected chi connectivity index (χ3v) is 5.31. The van der Waals surface area contributed by atoms with Crippen molar-refractivity contribution in [1.29, 1.82) is 0 Å². The van der Waals surface area contributed by atoms with Gasteiger partial charge in [-0.15, -0.1) is 15.3 Å². The molecule has 0 bridgehead atoms. The molecule has 2 heterocycles. The van der Waals surface area contributed by atoms with Crippen LogP contribution in [0.4, 0.5) is 0 Å². The highest BCUT2D eigenvalue weighted by Gasteiger charge is 2.13. The van der Waals surface area contributed by atoms with Crippen molar-refractivity contribution in [2.45, 2.75) is 20.8 Å². The van der Waals surface area contributed by atoms with E-state index >= 15 is 0 Å². The number of fused-ring (bicyclic) bond motifs is 1. The number of carbonyl (C=O) groups is 1. The molecule has 0 atom stereocenters. The Morgan fingerprint density at radius 3 is 2.55 bits per heavy atom. The Morgan fingerprint density at radius 1 is 1.03 bits per heavy atom. The molecule has 0 aliphatic heterocycles. The van der Waals surface area contributed by atoms with E-state index in [1.165, 1.54) is 0 Å².